The maximum absolute atomic E-state index is 12.2. The summed E-state index contributed by atoms with van der Waals surface area (Å²) in [6, 6.07) is 3.78. The number of rotatable bonds is 3. The van der Waals surface area contributed by atoms with Crippen molar-refractivity contribution in [1.82, 2.24) is 20.0 Å². The van der Waals surface area contributed by atoms with Crippen molar-refractivity contribution in [2.75, 3.05) is 13.1 Å². The summed E-state index contributed by atoms with van der Waals surface area (Å²) in [4.78, 5) is 22.1. The summed E-state index contributed by atoms with van der Waals surface area (Å²) in [5.74, 6) is 0.541. The Kier molecular flexibility index (Phi) is 3.81. The molecule has 3 heterocycles. The molecule has 7 nitrogen and oxygen atoms in total. The van der Waals surface area contributed by atoms with Crippen LogP contribution in [0.3, 0.4) is 0 Å². The molecule has 1 aliphatic rings. The number of likely N-dealkylation sites (tertiary alicyclic amines) is 1. The molecule has 7 heteroatoms. The van der Waals surface area contributed by atoms with E-state index in [1.165, 1.54) is 0 Å². The standard InChI is InChI=1S/C14H16N4O3/c1-10-9-12(17-21-10)13(19)18-7-3-11(4-8-18)20-14-15-5-2-6-16-14/h2,5-6,9,11H,3-4,7-8H2,1H3. The minimum absolute atomic E-state index is 0.0375. The first kappa shape index (κ1) is 13.5. The molecular weight excluding hydrogens is 272 g/mol. The molecule has 1 saturated heterocycles. The first-order chi connectivity index (χ1) is 10.2. The molecule has 0 radical (unpaired) electrons. The Morgan fingerprint density at radius 3 is 2.67 bits per heavy atom. The van der Waals surface area contributed by atoms with Gasteiger partial charge in [-0.15, -0.1) is 0 Å². The van der Waals surface area contributed by atoms with Crippen molar-refractivity contribution in [3.05, 3.63) is 36.0 Å². The van der Waals surface area contributed by atoms with E-state index in [1.807, 2.05) is 0 Å². The lowest BCUT2D eigenvalue weighted by Gasteiger charge is -2.31. The van der Waals surface area contributed by atoms with Crippen molar-refractivity contribution >= 4 is 5.91 Å². The molecule has 0 aliphatic carbocycles. The van der Waals surface area contributed by atoms with Gasteiger partial charge in [-0.2, -0.15) is 0 Å². The molecular formula is C14H16N4O3. The van der Waals surface area contributed by atoms with Crippen LogP contribution in [0, 0.1) is 6.92 Å². The summed E-state index contributed by atoms with van der Waals surface area (Å²) >= 11 is 0. The second-order valence-corrected chi connectivity index (χ2v) is 4.96. The van der Waals surface area contributed by atoms with Crippen LogP contribution in [0.2, 0.25) is 0 Å². The van der Waals surface area contributed by atoms with Crippen molar-refractivity contribution in [1.29, 1.82) is 0 Å². The van der Waals surface area contributed by atoms with Crippen LogP contribution in [-0.2, 0) is 0 Å². The van der Waals surface area contributed by atoms with Crippen molar-refractivity contribution in [3.8, 4) is 6.01 Å². The molecule has 0 atom stereocenters. The molecule has 2 aromatic rings. The Morgan fingerprint density at radius 2 is 2.05 bits per heavy atom. The van der Waals surface area contributed by atoms with Gasteiger partial charge >= 0.3 is 6.01 Å². The third-order valence-corrected chi connectivity index (χ3v) is 3.39. The van der Waals surface area contributed by atoms with Gasteiger partial charge in [0.15, 0.2) is 5.69 Å². The van der Waals surface area contributed by atoms with Gasteiger partial charge in [0, 0.05) is 44.4 Å². The maximum atomic E-state index is 12.2. The molecule has 110 valence electrons. The zero-order chi connectivity index (χ0) is 14.7. The molecule has 0 aromatic carbocycles. The zero-order valence-corrected chi connectivity index (χ0v) is 11.7. The van der Waals surface area contributed by atoms with Crippen LogP contribution in [0.1, 0.15) is 29.1 Å². The maximum Gasteiger partial charge on any atom is 0.316 e. The van der Waals surface area contributed by atoms with E-state index in [0.717, 1.165) is 12.8 Å². The second-order valence-electron chi connectivity index (χ2n) is 4.96. The minimum Gasteiger partial charge on any atom is -0.460 e. The molecule has 2 aromatic heterocycles. The van der Waals surface area contributed by atoms with Crippen molar-refractivity contribution in [3.63, 3.8) is 0 Å². The van der Waals surface area contributed by atoms with Gasteiger partial charge in [0.25, 0.3) is 5.91 Å². The van der Waals surface area contributed by atoms with E-state index in [1.54, 1.807) is 36.4 Å². The molecule has 21 heavy (non-hydrogen) atoms. The largest absolute Gasteiger partial charge is 0.460 e. The normalized spacial score (nSPS) is 16.0. The third-order valence-electron chi connectivity index (χ3n) is 3.39. The van der Waals surface area contributed by atoms with Gasteiger partial charge in [-0.3, -0.25) is 4.79 Å². The highest BCUT2D eigenvalue weighted by atomic mass is 16.5. The number of ether oxygens (including phenoxy) is 1. The first-order valence-electron chi connectivity index (χ1n) is 6.88. The van der Waals surface area contributed by atoms with E-state index in [0.29, 0.717) is 30.6 Å². The number of hydrogen-bond donors (Lipinski definition) is 0. The number of carbonyl (C=O) groups is 1. The lowest BCUT2D eigenvalue weighted by molar-refractivity contribution is 0.0569. The molecule has 3 rings (SSSR count). The number of amides is 1. The molecule has 1 fully saturated rings. The van der Waals surface area contributed by atoms with E-state index < -0.39 is 0 Å². The fraction of sp³-hybridized carbons (Fsp3) is 0.429. The quantitative estimate of drug-likeness (QED) is 0.850. The molecule has 0 unspecified atom stereocenters. The summed E-state index contributed by atoms with van der Waals surface area (Å²) in [5.41, 5.74) is 0.360. The van der Waals surface area contributed by atoms with Crippen molar-refractivity contribution < 1.29 is 14.1 Å². The second kappa shape index (κ2) is 5.90. The lowest BCUT2D eigenvalue weighted by atomic mass is 10.1. The fourth-order valence-corrected chi connectivity index (χ4v) is 2.30. The van der Waals surface area contributed by atoms with Gasteiger partial charge in [0.2, 0.25) is 0 Å². The highest BCUT2D eigenvalue weighted by Crippen LogP contribution is 2.17. The van der Waals surface area contributed by atoms with Gasteiger partial charge in [-0.25, -0.2) is 9.97 Å². The van der Waals surface area contributed by atoms with Crippen LogP contribution < -0.4 is 4.74 Å². The fourth-order valence-electron chi connectivity index (χ4n) is 2.30. The van der Waals surface area contributed by atoms with E-state index in [-0.39, 0.29) is 12.0 Å². The first-order valence-corrected chi connectivity index (χ1v) is 6.88. The number of carbonyl (C=O) groups excluding carboxylic acids is 1. The van der Waals surface area contributed by atoms with E-state index >= 15 is 0 Å². The van der Waals surface area contributed by atoms with Crippen LogP contribution >= 0.6 is 0 Å². The van der Waals surface area contributed by atoms with Crippen LogP contribution in [0.25, 0.3) is 0 Å². The van der Waals surface area contributed by atoms with E-state index in [9.17, 15) is 4.79 Å². The Balaban J connectivity index is 1.54. The van der Waals surface area contributed by atoms with E-state index in [2.05, 4.69) is 15.1 Å². The average Bonchev–Trinajstić information content (AvgIpc) is 2.95. The van der Waals surface area contributed by atoms with Crippen molar-refractivity contribution in [2.45, 2.75) is 25.9 Å². The monoisotopic (exact) mass is 288 g/mol. The molecule has 0 saturated carbocycles. The van der Waals surface area contributed by atoms with Gasteiger partial charge < -0.3 is 14.2 Å². The zero-order valence-electron chi connectivity index (χ0n) is 11.7. The Labute approximate surface area is 121 Å². The molecule has 0 bridgehead atoms. The number of aromatic nitrogens is 3. The topological polar surface area (TPSA) is 81.4 Å². The molecule has 1 amide bonds. The third kappa shape index (κ3) is 3.18. The summed E-state index contributed by atoms with van der Waals surface area (Å²) < 4.78 is 10.6. The van der Waals surface area contributed by atoms with Gasteiger partial charge in [0.1, 0.15) is 11.9 Å². The van der Waals surface area contributed by atoms with Crippen LogP contribution in [-0.4, -0.2) is 45.1 Å². The molecule has 0 spiro atoms. The minimum atomic E-state index is -0.0961. The van der Waals surface area contributed by atoms with Crippen LogP contribution in [0.15, 0.2) is 29.0 Å². The Bertz CT molecular complexity index is 606. The summed E-state index contributed by atoms with van der Waals surface area (Å²) in [6.07, 6.45) is 4.83. The highest BCUT2D eigenvalue weighted by Gasteiger charge is 2.26. The molecule has 1 aliphatic heterocycles. The predicted octanol–water partition coefficient (Wildman–Crippen LogP) is 1.46. The SMILES string of the molecule is Cc1cc(C(=O)N2CCC(Oc3ncccn3)CC2)no1. The van der Waals surface area contributed by atoms with Gasteiger partial charge in [-0.05, 0) is 13.0 Å². The van der Waals surface area contributed by atoms with E-state index in [4.69, 9.17) is 9.26 Å². The predicted molar refractivity (Wildman–Crippen MR) is 72.8 cm³/mol. The summed E-state index contributed by atoms with van der Waals surface area (Å²) in [6.45, 7) is 3.02. The summed E-state index contributed by atoms with van der Waals surface area (Å²) in [5, 5.41) is 3.76. The number of piperidine rings is 1. The van der Waals surface area contributed by atoms with Crippen LogP contribution in [0.4, 0.5) is 0 Å². The van der Waals surface area contributed by atoms with Gasteiger partial charge in [0.05, 0.1) is 0 Å². The van der Waals surface area contributed by atoms with Gasteiger partial charge in [-0.1, -0.05) is 5.16 Å². The molecule has 0 N–H and O–H groups in total. The number of aryl methyl sites for hydroxylation is 1. The van der Waals surface area contributed by atoms with Crippen LogP contribution in [0.5, 0.6) is 6.01 Å². The number of nitrogens with zero attached hydrogens (tertiary/aromatic N) is 4. The Morgan fingerprint density at radius 1 is 1.33 bits per heavy atom. The Hall–Kier alpha value is -2.44. The summed E-state index contributed by atoms with van der Waals surface area (Å²) in [7, 11) is 0. The highest BCUT2D eigenvalue weighted by molar-refractivity contribution is 5.92. The lowest BCUT2D eigenvalue weighted by Crippen LogP contribution is -2.42. The average molecular weight is 288 g/mol. The number of hydrogen-bond acceptors (Lipinski definition) is 6. The van der Waals surface area contributed by atoms with Crippen molar-refractivity contribution in [2.24, 2.45) is 0 Å². The smallest absolute Gasteiger partial charge is 0.316 e.